The first kappa shape index (κ1) is 6.85. The molecule has 0 aliphatic rings. The van der Waals surface area contributed by atoms with Gasteiger partial charge >= 0.3 is 49.7 Å². The van der Waals surface area contributed by atoms with Gasteiger partial charge in [-0.25, -0.2) is 0 Å². The van der Waals surface area contributed by atoms with Crippen LogP contribution in [-0.2, 0) is 0 Å². The van der Waals surface area contributed by atoms with Crippen molar-refractivity contribution in [1.29, 1.82) is 0 Å². The molecule has 0 nitrogen and oxygen atoms in total. The summed E-state index contributed by atoms with van der Waals surface area (Å²) in [5.74, 6) is 0. The van der Waals surface area contributed by atoms with Gasteiger partial charge in [-0.2, -0.15) is 0 Å². The van der Waals surface area contributed by atoms with Crippen molar-refractivity contribution in [3.05, 3.63) is 0 Å². The summed E-state index contributed by atoms with van der Waals surface area (Å²) >= 11 is -0.0296. The van der Waals surface area contributed by atoms with E-state index in [2.05, 4.69) is 6.92 Å². The number of hydrogen-bond donors (Lipinski definition) is 0. The molecule has 0 N–H and O–H groups in total. The summed E-state index contributed by atoms with van der Waals surface area (Å²) in [6.07, 6.45) is 2.64. The molecule has 0 amide bonds. The van der Waals surface area contributed by atoms with E-state index in [9.17, 15) is 0 Å². The molecule has 0 spiro atoms. The Kier molecular flexibility index (Phi) is 6.68. The predicted octanol–water partition coefficient (Wildman–Crippen LogP) is 1.80. The summed E-state index contributed by atoms with van der Waals surface area (Å²) < 4.78 is 0. The molecule has 0 aliphatic carbocycles. The Morgan fingerprint density at radius 1 is 1.67 bits per heavy atom. The van der Waals surface area contributed by atoms with E-state index >= 15 is 0 Å². The van der Waals surface area contributed by atoms with Crippen molar-refractivity contribution in [2.24, 2.45) is 0 Å². The van der Waals surface area contributed by atoms with E-state index in [1.165, 1.54) is 18.1 Å². The quantitative estimate of drug-likeness (QED) is 0.445. The van der Waals surface area contributed by atoms with Crippen LogP contribution in [0.15, 0.2) is 0 Å². The third-order valence-electron chi connectivity index (χ3n) is 0.625. The van der Waals surface area contributed by atoms with Crippen molar-refractivity contribution in [2.45, 2.75) is 25.0 Å². The summed E-state index contributed by atoms with van der Waals surface area (Å²) in [6, 6.07) is 0. The van der Waals surface area contributed by atoms with Gasteiger partial charge in [-0.05, 0) is 0 Å². The molecule has 0 bridgehead atoms. The molecule has 6 heavy (non-hydrogen) atoms. The van der Waals surface area contributed by atoms with Gasteiger partial charge in [-0.3, -0.25) is 0 Å². The zero-order chi connectivity index (χ0) is 4.83. The molecule has 0 radical (unpaired) electrons. The van der Waals surface area contributed by atoms with Crippen LogP contribution in [0.4, 0.5) is 0 Å². The van der Waals surface area contributed by atoms with Gasteiger partial charge in [0.25, 0.3) is 0 Å². The minimum absolute atomic E-state index is 0.0296. The summed E-state index contributed by atoms with van der Waals surface area (Å²) in [4.78, 5) is 0. The Morgan fingerprint density at radius 3 is 2.50 bits per heavy atom. The van der Waals surface area contributed by atoms with Gasteiger partial charge in [0.05, 0.1) is 0 Å². The van der Waals surface area contributed by atoms with Gasteiger partial charge in [0.15, 0.2) is 0 Å². The van der Waals surface area contributed by atoms with Crippen molar-refractivity contribution in [3.63, 3.8) is 0 Å². The van der Waals surface area contributed by atoms with Crippen LogP contribution in [0.1, 0.15) is 19.8 Å². The monoisotopic (exact) mass is 168 g/mol. The SMILES string of the molecule is CCCC[AsH]Cl. The third kappa shape index (κ3) is 4.85. The van der Waals surface area contributed by atoms with E-state index in [1.807, 2.05) is 0 Å². The molecule has 0 heterocycles. The number of hydrogen-bond acceptors (Lipinski definition) is 0. The van der Waals surface area contributed by atoms with E-state index in [-0.39, 0.29) is 14.8 Å². The van der Waals surface area contributed by atoms with Gasteiger partial charge in [0, 0.05) is 0 Å². The maximum absolute atomic E-state index is 5.51. The van der Waals surface area contributed by atoms with Gasteiger partial charge in [0.1, 0.15) is 0 Å². The molecular formula is C4H10AsCl. The molecule has 0 aromatic carbocycles. The Labute approximate surface area is 50.1 Å². The average Bonchev–Trinajstić information content (AvgIpc) is 1.61. The summed E-state index contributed by atoms with van der Waals surface area (Å²) in [5, 5.41) is 1.30. The fraction of sp³-hybridized carbons (Fsp3) is 1.00. The van der Waals surface area contributed by atoms with E-state index in [1.54, 1.807) is 0 Å². The Hall–Kier alpha value is 0.848. The zero-order valence-electron chi connectivity index (χ0n) is 4.00. The first-order valence-corrected chi connectivity index (χ1v) is 6.49. The fourth-order valence-electron chi connectivity index (χ4n) is 0.244. The van der Waals surface area contributed by atoms with E-state index in [0.717, 1.165) is 0 Å². The first-order valence-electron chi connectivity index (χ1n) is 2.25. The topological polar surface area (TPSA) is 0 Å². The Bertz CT molecular complexity index is 19.5. The van der Waals surface area contributed by atoms with E-state index in [0.29, 0.717) is 0 Å². The Morgan fingerprint density at radius 2 is 2.33 bits per heavy atom. The molecule has 0 aliphatic heterocycles. The molecule has 0 saturated heterocycles. The van der Waals surface area contributed by atoms with Crippen molar-refractivity contribution >= 4 is 24.8 Å². The van der Waals surface area contributed by atoms with Gasteiger partial charge in [-0.15, -0.1) is 0 Å². The number of rotatable bonds is 3. The second-order valence-electron chi connectivity index (χ2n) is 1.24. The number of unbranched alkanes of at least 4 members (excludes halogenated alkanes) is 1. The normalized spacial score (nSPS) is 11.0. The molecule has 0 saturated carbocycles. The molecule has 2 heteroatoms. The maximum atomic E-state index is 5.51. The molecule has 38 valence electrons. The van der Waals surface area contributed by atoms with Gasteiger partial charge in [-0.1, -0.05) is 0 Å². The molecule has 0 aromatic heterocycles. The van der Waals surface area contributed by atoms with Crippen molar-refractivity contribution in [3.8, 4) is 0 Å². The van der Waals surface area contributed by atoms with E-state index in [4.69, 9.17) is 9.95 Å². The summed E-state index contributed by atoms with van der Waals surface area (Å²) in [6.45, 7) is 2.19. The molecule has 0 fully saturated rings. The van der Waals surface area contributed by atoms with Crippen LogP contribution in [0.2, 0.25) is 5.21 Å². The summed E-state index contributed by atoms with van der Waals surface area (Å²) in [5.41, 5.74) is 0. The fourth-order valence-corrected chi connectivity index (χ4v) is 1.96. The molecule has 1 atom stereocenters. The predicted molar refractivity (Wildman–Crippen MR) is 32.7 cm³/mol. The van der Waals surface area contributed by atoms with Crippen molar-refractivity contribution in [2.75, 3.05) is 0 Å². The first-order chi connectivity index (χ1) is 2.91. The van der Waals surface area contributed by atoms with E-state index < -0.39 is 0 Å². The van der Waals surface area contributed by atoms with Gasteiger partial charge in [0.2, 0.25) is 0 Å². The zero-order valence-corrected chi connectivity index (χ0v) is 6.85. The second-order valence-corrected chi connectivity index (χ2v) is 4.24. The van der Waals surface area contributed by atoms with Crippen LogP contribution in [0, 0.1) is 0 Å². The van der Waals surface area contributed by atoms with Crippen LogP contribution in [0.25, 0.3) is 0 Å². The number of halogens is 1. The Balaban J connectivity index is 2.34. The van der Waals surface area contributed by atoms with Crippen molar-refractivity contribution < 1.29 is 0 Å². The molecule has 0 aromatic rings. The van der Waals surface area contributed by atoms with Crippen LogP contribution >= 0.6 is 9.95 Å². The van der Waals surface area contributed by atoms with Gasteiger partial charge < -0.3 is 0 Å². The third-order valence-corrected chi connectivity index (χ3v) is 2.75. The molecular weight excluding hydrogens is 158 g/mol. The van der Waals surface area contributed by atoms with Crippen LogP contribution in [-0.4, -0.2) is 14.8 Å². The van der Waals surface area contributed by atoms with Crippen LogP contribution < -0.4 is 0 Å². The minimum atomic E-state index is -0.0296. The summed E-state index contributed by atoms with van der Waals surface area (Å²) in [7, 11) is 5.51. The average molecular weight is 168 g/mol. The second kappa shape index (κ2) is 5.85. The van der Waals surface area contributed by atoms with Crippen molar-refractivity contribution in [1.82, 2.24) is 0 Å². The van der Waals surface area contributed by atoms with Crippen LogP contribution in [0.3, 0.4) is 0 Å². The molecule has 1 unspecified atom stereocenters. The molecule has 0 rings (SSSR count). The standard InChI is InChI=1S/C4H10AsCl/c1-2-3-4-5-6/h5H,2-4H2,1H3. The van der Waals surface area contributed by atoms with Crippen LogP contribution in [0.5, 0.6) is 0 Å².